The Labute approximate surface area is 349 Å². The second-order valence-electron chi connectivity index (χ2n) is 15.4. The molecule has 0 spiro atoms. The molecule has 0 heterocycles. The molecule has 2 aromatic carbocycles. The van der Waals surface area contributed by atoms with Crippen LogP contribution >= 0.6 is 11.8 Å². The highest BCUT2D eigenvalue weighted by Crippen LogP contribution is 2.12. The maximum Gasteiger partial charge on any atom is 0.408 e. The average molecular weight is 842 g/mol. The zero-order valence-corrected chi connectivity index (χ0v) is 35.3. The zero-order valence-electron chi connectivity index (χ0n) is 34.5. The topological polar surface area (TPSA) is 264 Å². The third-order valence-electron chi connectivity index (χ3n) is 8.52. The van der Waals surface area contributed by atoms with Gasteiger partial charge in [-0.3, -0.25) is 33.6 Å². The summed E-state index contributed by atoms with van der Waals surface area (Å²) >= 11 is 1.41. The number of carbonyl (C=O) groups is 8. The van der Waals surface area contributed by atoms with Gasteiger partial charge in [0, 0.05) is 19.3 Å². The lowest BCUT2D eigenvalue weighted by Crippen LogP contribution is -2.60. The first-order chi connectivity index (χ1) is 27.8. The molecule has 17 nitrogen and oxygen atoms in total. The summed E-state index contributed by atoms with van der Waals surface area (Å²) in [5.41, 5.74) is 5.90. The third kappa shape index (κ3) is 20.1. The molecule has 2 rings (SSSR count). The van der Waals surface area contributed by atoms with Gasteiger partial charge >= 0.3 is 12.1 Å². The van der Waals surface area contributed by atoms with E-state index in [9.17, 15) is 38.4 Å². The van der Waals surface area contributed by atoms with Gasteiger partial charge in [0.2, 0.25) is 35.4 Å². The Balaban J connectivity index is 2.41. The van der Waals surface area contributed by atoms with Crippen LogP contribution in [0.2, 0.25) is 0 Å². The molecule has 18 heteroatoms. The van der Waals surface area contributed by atoms with E-state index < -0.39 is 89.9 Å². The first-order valence-corrected chi connectivity index (χ1v) is 20.7. The molecule has 5 atom stereocenters. The minimum atomic E-state index is -1.42. The van der Waals surface area contributed by atoms with Crippen molar-refractivity contribution in [2.45, 2.75) is 109 Å². The zero-order chi connectivity index (χ0) is 44.1. The summed E-state index contributed by atoms with van der Waals surface area (Å²) in [5, 5.41) is 24.6. The van der Waals surface area contributed by atoms with E-state index in [4.69, 9.17) is 15.6 Å². The molecule has 7 amide bonds. The number of aliphatic carboxylic acids is 1. The van der Waals surface area contributed by atoms with Crippen molar-refractivity contribution in [3.05, 3.63) is 71.8 Å². The van der Waals surface area contributed by atoms with Crippen LogP contribution in [0.3, 0.4) is 0 Å². The van der Waals surface area contributed by atoms with Crippen LogP contribution in [0.4, 0.5) is 4.79 Å². The van der Waals surface area contributed by atoms with Crippen molar-refractivity contribution < 1.29 is 48.2 Å². The molecule has 9 N–H and O–H groups in total. The monoisotopic (exact) mass is 841 g/mol. The predicted octanol–water partition coefficient (Wildman–Crippen LogP) is 1.57. The van der Waals surface area contributed by atoms with Gasteiger partial charge in [0.1, 0.15) is 42.4 Å². The van der Waals surface area contributed by atoms with E-state index >= 15 is 0 Å². The molecular formula is C41H59N7O10S. The molecule has 2 aromatic rings. The number of primary amides is 1. The Morgan fingerprint density at radius 1 is 0.661 bits per heavy atom. The normalized spacial score (nSPS) is 13.7. The van der Waals surface area contributed by atoms with Crippen LogP contribution in [0.25, 0.3) is 0 Å². The molecule has 324 valence electrons. The lowest BCUT2D eigenvalue weighted by Gasteiger charge is -2.28. The van der Waals surface area contributed by atoms with Gasteiger partial charge in [0.05, 0.1) is 0 Å². The Morgan fingerprint density at radius 2 is 1.10 bits per heavy atom. The van der Waals surface area contributed by atoms with E-state index in [0.29, 0.717) is 16.9 Å². The number of hydrogen-bond acceptors (Lipinski definition) is 10. The fourth-order valence-corrected chi connectivity index (χ4v) is 6.18. The number of carboxylic acid groups (broad SMARTS) is 1. The summed E-state index contributed by atoms with van der Waals surface area (Å²) in [4.78, 5) is 104. The number of hydrogen-bond donors (Lipinski definition) is 8. The van der Waals surface area contributed by atoms with Gasteiger partial charge in [-0.25, -0.2) is 4.79 Å². The van der Waals surface area contributed by atoms with E-state index in [-0.39, 0.29) is 44.4 Å². The molecular weight excluding hydrogens is 783 g/mol. The van der Waals surface area contributed by atoms with Gasteiger partial charge in [-0.05, 0) is 69.1 Å². The van der Waals surface area contributed by atoms with Gasteiger partial charge in [-0.15, -0.1) is 0 Å². The fourth-order valence-electron chi connectivity index (χ4n) is 5.71. The number of nitrogens with one attached hydrogen (secondary N) is 6. The van der Waals surface area contributed by atoms with Crippen LogP contribution in [-0.2, 0) is 51.1 Å². The number of carboxylic acids is 1. The van der Waals surface area contributed by atoms with Gasteiger partial charge in [0.15, 0.2) is 0 Å². The molecule has 0 aliphatic heterocycles. The molecule has 0 fully saturated rings. The van der Waals surface area contributed by atoms with Crippen molar-refractivity contribution in [2.24, 2.45) is 11.7 Å². The van der Waals surface area contributed by atoms with Gasteiger partial charge in [-0.1, -0.05) is 74.5 Å². The fraction of sp³-hybridized carbons (Fsp3) is 0.512. The molecule has 0 radical (unpaired) electrons. The van der Waals surface area contributed by atoms with Crippen LogP contribution in [-0.4, -0.2) is 107 Å². The van der Waals surface area contributed by atoms with E-state index in [1.807, 2.05) is 20.1 Å². The minimum absolute atomic E-state index is 0.00416. The van der Waals surface area contributed by atoms with Crippen LogP contribution in [0, 0.1) is 5.92 Å². The van der Waals surface area contributed by atoms with Crippen molar-refractivity contribution in [1.82, 2.24) is 31.9 Å². The van der Waals surface area contributed by atoms with Crippen molar-refractivity contribution >= 4 is 59.3 Å². The van der Waals surface area contributed by atoms with E-state index in [1.165, 1.54) is 11.8 Å². The summed E-state index contributed by atoms with van der Waals surface area (Å²) in [6.45, 7) is 8.07. The number of nitrogens with two attached hydrogens (primary N) is 1. The molecule has 0 saturated heterocycles. The number of rotatable bonds is 24. The molecule has 0 aliphatic carbocycles. The smallest absolute Gasteiger partial charge is 0.408 e. The maximum atomic E-state index is 14.1. The van der Waals surface area contributed by atoms with Gasteiger partial charge in [0.25, 0.3) is 0 Å². The molecule has 0 saturated carbocycles. The highest BCUT2D eigenvalue weighted by atomic mass is 32.2. The Kier molecular flexibility index (Phi) is 20.9. The van der Waals surface area contributed by atoms with Crippen LogP contribution in [0.1, 0.15) is 71.4 Å². The summed E-state index contributed by atoms with van der Waals surface area (Å²) in [5.74, 6) is -5.48. The first-order valence-electron chi connectivity index (χ1n) is 19.3. The molecule has 59 heavy (non-hydrogen) atoms. The standard InChI is InChI=1S/C41H59N7O10S/c1-25(2)21-30(48-40(57)58-41(3,4)5)38(55)45-29(19-20-59-6)37(54)44-28(17-18-33(42)49)36(53)47-32(23-27-15-11-8-12-16-27)39(56)46-31(35(52)43-24-34(50)51)22-26-13-9-7-10-14-26/h7-16,25,28-32H,17-24H2,1-6H3,(H2,42,49)(H,43,52)(H,44,54)(H,45,55)(H,46,56)(H,47,53)(H,48,57)(H,50,51). The average Bonchev–Trinajstić information content (AvgIpc) is 3.15. The number of amides is 7. The van der Waals surface area contributed by atoms with E-state index in [1.54, 1.807) is 81.4 Å². The first kappa shape index (κ1) is 49.5. The van der Waals surface area contributed by atoms with Crippen LogP contribution in [0.15, 0.2) is 60.7 Å². The molecule has 5 unspecified atom stereocenters. The summed E-state index contributed by atoms with van der Waals surface area (Å²) in [6.07, 6.45) is 0.708. The van der Waals surface area contributed by atoms with Crippen molar-refractivity contribution in [1.29, 1.82) is 0 Å². The lowest BCUT2D eigenvalue weighted by molar-refractivity contribution is -0.138. The van der Waals surface area contributed by atoms with E-state index in [2.05, 4.69) is 31.9 Å². The Hall–Kier alpha value is -5.65. The van der Waals surface area contributed by atoms with Crippen LogP contribution in [0.5, 0.6) is 0 Å². The summed E-state index contributed by atoms with van der Waals surface area (Å²) < 4.78 is 5.34. The van der Waals surface area contributed by atoms with Crippen LogP contribution < -0.4 is 37.6 Å². The maximum absolute atomic E-state index is 14.1. The summed E-state index contributed by atoms with van der Waals surface area (Å²) in [6, 6.07) is 11.2. The number of ether oxygens (including phenoxy) is 1. The largest absolute Gasteiger partial charge is 0.480 e. The second-order valence-corrected chi connectivity index (χ2v) is 16.3. The molecule has 0 bridgehead atoms. The second kappa shape index (κ2) is 25.0. The predicted molar refractivity (Wildman–Crippen MR) is 223 cm³/mol. The summed E-state index contributed by atoms with van der Waals surface area (Å²) in [7, 11) is 0. The number of alkyl carbamates (subject to hydrolysis) is 1. The number of benzene rings is 2. The lowest BCUT2D eigenvalue weighted by atomic mass is 10.0. The van der Waals surface area contributed by atoms with Crippen molar-refractivity contribution in [3.63, 3.8) is 0 Å². The number of thioether (sulfide) groups is 1. The molecule has 0 aromatic heterocycles. The Bertz CT molecular complexity index is 1720. The van der Waals surface area contributed by atoms with Crippen molar-refractivity contribution in [2.75, 3.05) is 18.6 Å². The highest BCUT2D eigenvalue weighted by molar-refractivity contribution is 7.98. The van der Waals surface area contributed by atoms with Gasteiger partial charge < -0.3 is 47.5 Å². The quantitative estimate of drug-likeness (QED) is 0.0752. The SMILES string of the molecule is CSCCC(NC(=O)C(CC(C)C)NC(=O)OC(C)(C)C)C(=O)NC(CCC(N)=O)C(=O)NC(Cc1ccccc1)C(=O)NC(Cc1ccccc1)C(=O)NCC(=O)O. The van der Waals surface area contributed by atoms with Gasteiger partial charge in [-0.2, -0.15) is 11.8 Å². The highest BCUT2D eigenvalue weighted by Gasteiger charge is 2.33. The van der Waals surface area contributed by atoms with Crippen molar-refractivity contribution in [3.8, 4) is 0 Å². The van der Waals surface area contributed by atoms with E-state index in [0.717, 1.165) is 0 Å². The third-order valence-corrected chi connectivity index (χ3v) is 9.16. The Morgan fingerprint density at radius 3 is 1.54 bits per heavy atom. The minimum Gasteiger partial charge on any atom is -0.480 e. The molecule has 0 aliphatic rings. The number of carbonyl (C=O) groups excluding carboxylic acids is 7.